The molecule has 7 heteroatoms. The average molecular weight is 456 g/mol. The summed E-state index contributed by atoms with van der Waals surface area (Å²) in [7, 11) is 1.67. The van der Waals surface area contributed by atoms with Crippen molar-refractivity contribution < 1.29 is 9.15 Å². The van der Waals surface area contributed by atoms with Crippen LogP contribution >= 0.6 is 11.3 Å². The first-order chi connectivity index (χ1) is 16.2. The molecule has 1 saturated carbocycles. The molecule has 2 aromatic carbocycles. The minimum Gasteiger partial charge on any atom is -0.497 e. The van der Waals surface area contributed by atoms with Gasteiger partial charge in [0.1, 0.15) is 22.2 Å². The zero-order valence-corrected chi connectivity index (χ0v) is 18.9. The van der Waals surface area contributed by atoms with Crippen molar-refractivity contribution in [3.63, 3.8) is 0 Å². The first-order valence-electron chi connectivity index (χ1n) is 10.8. The highest BCUT2D eigenvalue weighted by Gasteiger charge is 2.29. The monoisotopic (exact) mass is 455 g/mol. The van der Waals surface area contributed by atoms with Crippen LogP contribution in [0.15, 0.2) is 64.8 Å². The Labute approximate surface area is 193 Å². The van der Waals surface area contributed by atoms with E-state index < -0.39 is 0 Å². The minimum absolute atomic E-state index is 0.0866. The molecule has 33 heavy (non-hydrogen) atoms. The van der Waals surface area contributed by atoms with Gasteiger partial charge >= 0.3 is 0 Å². The third kappa shape index (κ3) is 3.27. The normalized spacial score (nSPS) is 13.6. The third-order valence-corrected chi connectivity index (χ3v) is 7.33. The molecule has 1 fully saturated rings. The molecule has 0 saturated heterocycles. The van der Waals surface area contributed by atoms with Gasteiger partial charge < -0.3 is 9.15 Å². The standard InChI is InChI=1S/C26H21N3O3S/c1-3-15-5-4-6-20-22-25(33-23(15)20)28-24(29(26(22)30)13-18-12-27-14-32-18)19-10-9-17(31-2)11-21(19)16-7-8-16/h3-6,9-12,14,16H,1,7-8,13H2,2H3. The van der Waals surface area contributed by atoms with Gasteiger partial charge in [-0.2, -0.15) is 0 Å². The number of methoxy groups -OCH3 is 1. The van der Waals surface area contributed by atoms with Crippen LogP contribution in [-0.2, 0) is 6.54 Å². The molecule has 6 nitrogen and oxygen atoms in total. The summed E-state index contributed by atoms with van der Waals surface area (Å²) in [4.78, 5) is 23.8. The Hall–Kier alpha value is -3.71. The molecule has 0 bridgehead atoms. The number of nitrogens with zero attached hydrogens (tertiary/aromatic N) is 3. The zero-order chi connectivity index (χ0) is 22.5. The number of rotatable bonds is 6. The van der Waals surface area contributed by atoms with Gasteiger partial charge in [-0.15, -0.1) is 11.3 Å². The number of hydrogen-bond donors (Lipinski definition) is 0. The SMILES string of the molecule is C=Cc1cccc2c1sc1nc(-c3ccc(OC)cc3C3CC3)n(Cc3cnco3)c(=O)c12. The number of benzene rings is 2. The van der Waals surface area contributed by atoms with Crippen molar-refractivity contribution >= 4 is 37.7 Å². The summed E-state index contributed by atoms with van der Waals surface area (Å²) in [5, 5.41) is 1.53. The Balaban J connectivity index is 1.68. The predicted molar refractivity (Wildman–Crippen MR) is 131 cm³/mol. The van der Waals surface area contributed by atoms with Gasteiger partial charge in [-0.1, -0.05) is 30.9 Å². The molecule has 3 heterocycles. The number of fused-ring (bicyclic) bond motifs is 3. The molecular formula is C26H21N3O3S. The third-order valence-electron chi connectivity index (χ3n) is 6.18. The molecule has 1 aliphatic rings. The van der Waals surface area contributed by atoms with E-state index in [1.807, 2.05) is 36.4 Å². The average Bonchev–Trinajstić information content (AvgIpc) is 3.42. The molecule has 0 radical (unpaired) electrons. The van der Waals surface area contributed by atoms with Crippen LogP contribution in [0.4, 0.5) is 0 Å². The molecule has 164 valence electrons. The number of ether oxygens (including phenoxy) is 1. The molecule has 0 aliphatic heterocycles. The van der Waals surface area contributed by atoms with Gasteiger partial charge in [0.15, 0.2) is 6.39 Å². The number of thiophene rings is 1. The van der Waals surface area contributed by atoms with Crippen LogP contribution in [0.1, 0.15) is 35.6 Å². The van der Waals surface area contributed by atoms with Gasteiger partial charge in [-0.3, -0.25) is 9.36 Å². The lowest BCUT2D eigenvalue weighted by atomic mass is 10.0. The molecule has 0 spiro atoms. The Morgan fingerprint density at radius 2 is 2.18 bits per heavy atom. The summed E-state index contributed by atoms with van der Waals surface area (Å²) in [6, 6.07) is 12.0. The number of hydrogen-bond acceptors (Lipinski definition) is 6. The van der Waals surface area contributed by atoms with Gasteiger partial charge in [0.2, 0.25) is 0 Å². The molecule has 3 aromatic heterocycles. The summed E-state index contributed by atoms with van der Waals surface area (Å²) >= 11 is 1.53. The number of aromatic nitrogens is 3. The van der Waals surface area contributed by atoms with Gasteiger partial charge in [0.05, 0.1) is 25.2 Å². The van der Waals surface area contributed by atoms with Crippen LogP contribution in [0.3, 0.4) is 0 Å². The lowest BCUT2D eigenvalue weighted by Crippen LogP contribution is -2.24. The maximum absolute atomic E-state index is 14.0. The fraction of sp³-hybridized carbons (Fsp3) is 0.192. The second-order valence-electron chi connectivity index (χ2n) is 8.23. The molecule has 0 amide bonds. The Morgan fingerprint density at radius 1 is 1.30 bits per heavy atom. The van der Waals surface area contributed by atoms with Crippen LogP contribution in [0.2, 0.25) is 0 Å². The van der Waals surface area contributed by atoms with Crippen LogP contribution in [0.25, 0.3) is 37.8 Å². The van der Waals surface area contributed by atoms with Crippen molar-refractivity contribution in [1.82, 2.24) is 14.5 Å². The molecule has 6 rings (SSSR count). The van der Waals surface area contributed by atoms with Gasteiger partial charge in [0, 0.05) is 15.6 Å². The fourth-order valence-electron chi connectivity index (χ4n) is 4.39. The van der Waals surface area contributed by atoms with E-state index in [9.17, 15) is 4.79 Å². The largest absolute Gasteiger partial charge is 0.497 e. The van der Waals surface area contributed by atoms with E-state index in [4.69, 9.17) is 14.1 Å². The fourth-order valence-corrected chi connectivity index (χ4v) is 5.57. The molecular weight excluding hydrogens is 434 g/mol. The van der Waals surface area contributed by atoms with E-state index in [2.05, 4.69) is 17.6 Å². The highest BCUT2D eigenvalue weighted by molar-refractivity contribution is 7.25. The van der Waals surface area contributed by atoms with Crippen molar-refractivity contribution in [1.29, 1.82) is 0 Å². The van der Waals surface area contributed by atoms with Crippen molar-refractivity contribution in [3.8, 4) is 17.1 Å². The highest BCUT2D eigenvalue weighted by atomic mass is 32.1. The summed E-state index contributed by atoms with van der Waals surface area (Å²) in [6.07, 6.45) is 7.09. The van der Waals surface area contributed by atoms with E-state index in [1.54, 1.807) is 17.9 Å². The predicted octanol–water partition coefficient (Wildman–Crippen LogP) is 5.84. The quantitative estimate of drug-likeness (QED) is 0.322. The van der Waals surface area contributed by atoms with E-state index in [0.29, 0.717) is 22.9 Å². The summed E-state index contributed by atoms with van der Waals surface area (Å²) in [5.41, 5.74) is 3.04. The van der Waals surface area contributed by atoms with Gasteiger partial charge in [-0.25, -0.2) is 9.97 Å². The van der Waals surface area contributed by atoms with Crippen LogP contribution < -0.4 is 10.3 Å². The summed E-state index contributed by atoms with van der Waals surface area (Å²) in [6.45, 7) is 4.19. The van der Waals surface area contributed by atoms with Gasteiger partial charge in [0.25, 0.3) is 5.56 Å². The van der Waals surface area contributed by atoms with Crippen LogP contribution in [-0.4, -0.2) is 21.6 Å². The first kappa shape index (κ1) is 19.9. The molecule has 5 aromatic rings. The molecule has 0 N–H and O–H groups in total. The minimum atomic E-state index is -0.0866. The second kappa shape index (κ2) is 7.71. The summed E-state index contributed by atoms with van der Waals surface area (Å²) in [5.74, 6) is 2.51. The first-order valence-corrected chi connectivity index (χ1v) is 11.6. The van der Waals surface area contributed by atoms with Crippen molar-refractivity contribution in [2.24, 2.45) is 0 Å². The van der Waals surface area contributed by atoms with E-state index in [-0.39, 0.29) is 12.1 Å². The van der Waals surface area contributed by atoms with Crippen molar-refractivity contribution in [3.05, 3.63) is 82.8 Å². The molecule has 1 aliphatic carbocycles. The van der Waals surface area contributed by atoms with Crippen molar-refractivity contribution in [2.75, 3.05) is 7.11 Å². The lowest BCUT2D eigenvalue weighted by molar-refractivity contribution is 0.414. The second-order valence-corrected chi connectivity index (χ2v) is 9.23. The van der Waals surface area contributed by atoms with E-state index >= 15 is 0 Å². The van der Waals surface area contributed by atoms with E-state index in [1.165, 1.54) is 23.3 Å². The Bertz CT molecular complexity index is 1580. The molecule has 0 atom stereocenters. The maximum atomic E-state index is 14.0. The van der Waals surface area contributed by atoms with Crippen molar-refractivity contribution in [2.45, 2.75) is 25.3 Å². The molecule has 0 unspecified atom stereocenters. The topological polar surface area (TPSA) is 70.2 Å². The van der Waals surface area contributed by atoms with Crippen LogP contribution in [0.5, 0.6) is 5.75 Å². The summed E-state index contributed by atoms with van der Waals surface area (Å²) < 4.78 is 13.7. The van der Waals surface area contributed by atoms with Gasteiger partial charge in [-0.05, 0) is 48.1 Å². The number of oxazole rings is 1. The van der Waals surface area contributed by atoms with E-state index in [0.717, 1.165) is 44.6 Å². The Morgan fingerprint density at radius 3 is 2.91 bits per heavy atom. The maximum Gasteiger partial charge on any atom is 0.263 e. The van der Waals surface area contributed by atoms with Crippen LogP contribution in [0, 0.1) is 0 Å². The zero-order valence-electron chi connectivity index (χ0n) is 18.1. The highest BCUT2D eigenvalue weighted by Crippen LogP contribution is 2.46. The smallest absolute Gasteiger partial charge is 0.263 e. The lowest BCUT2D eigenvalue weighted by Gasteiger charge is -2.15. The Kier molecular flexibility index (Phi) is 4.66.